The number of benzene rings is 8. The van der Waals surface area contributed by atoms with E-state index in [1.54, 1.807) is 0 Å². The Morgan fingerprint density at radius 3 is 1.38 bits per heavy atom. The van der Waals surface area contributed by atoms with Crippen LogP contribution in [-0.2, 0) is 25.7 Å². The number of fused-ring (bicyclic) bond motifs is 1. The highest BCUT2D eigenvalue weighted by molar-refractivity contribution is 5.94. The van der Waals surface area contributed by atoms with E-state index in [9.17, 15) is 0 Å². The third-order valence-corrected chi connectivity index (χ3v) is 13.0. The number of aromatic nitrogens is 3. The van der Waals surface area contributed by atoms with Crippen LogP contribution in [0.15, 0.2) is 249 Å². The monoisotopic (exact) mass is 871 g/mol. The molecule has 0 N–H and O–H groups in total. The highest BCUT2D eigenvalue weighted by atomic mass is 14.7. The number of hydrogen-bond donors (Lipinski definition) is 0. The number of aryl methyl sites for hydroxylation is 4. The van der Waals surface area contributed by atoms with Gasteiger partial charge in [0.25, 0.3) is 0 Å². The SMILES string of the molecule is c1ccc(-c2ccc(-c3cc(-c4ccc5ccccc5n4)ccc3-c3ccccc3-c3cc(CCc4ccc(-c5ccccn5)cc4)cc(CCc4ccc(-c5ccccn5)cc4)c3)cc2)cc1. The average Bonchev–Trinajstić information content (AvgIpc) is 3.42. The Hall–Kier alpha value is -8.53. The van der Waals surface area contributed by atoms with Crippen molar-refractivity contribution in [1.29, 1.82) is 0 Å². The van der Waals surface area contributed by atoms with Crippen molar-refractivity contribution in [2.75, 3.05) is 0 Å². The van der Waals surface area contributed by atoms with Gasteiger partial charge in [-0.3, -0.25) is 9.97 Å². The molecule has 3 nitrogen and oxygen atoms in total. The van der Waals surface area contributed by atoms with Gasteiger partial charge >= 0.3 is 0 Å². The zero-order valence-corrected chi connectivity index (χ0v) is 37.8. The normalized spacial score (nSPS) is 11.2. The summed E-state index contributed by atoms with van der Waals surface area (Å²) in [6.45, 7) is 0. The number of nitrogens with zero attached hydrogens (tertiary/aromatic N) is 3. The maximum Gasteiger partial charge on any atom is 0.0709 e. The third-order valence-electron chi connectivity index (χ3n) is 13.0. The highest BCUT2D eigenvalue weighted by Crippen LogP contribution is 2.41. The van der Waals surface area contributed by atoms with Gasteiger partial charge in [-0.1, -0.05) is 194 Å². The molecule has 0 unspecified atom stereocenters. The summed E-state index contributed by atoms with van der Waals surface area (Å²) in [7, 11) is 0. The zero-order valence-electron chi connectivity index (χ0n) is 37.8. The van der Waals surface area contributed by atoms with Crippen molar-refractivity contribution < 1.29 is 0 Å². The van der Waals surface area contributed by atoms with Gasteiger partial charge in [-0.25, -0.2) is 4.98 Å². The minimum atomic E-state index is 0.928. The van der Waals surface area contributed by atoms with Crippen LogP contribution in [0.4, 0.5) is 0 Å². The van der Waals surface area contributed by atoms with Crippen molar-refractivity contribution in [2.45, 2.75) is 25.7 Å². The molecule has 3 heterocycles. The molecule has 0 saturated heterocycles. The summed E-state index contributed by atoms with van der Waals surface area (Å²) in [6, 6.07) is 85.3. The maximum atomic E-state index is 5.13. The first-order valence-corrected chi connectivity index (χ1v) is 23.6. The van der Waals surface area contributed by atoms with Gasteiger partial charge in [-0.2, -0.15) is 0 Å². The minimum Gasteiger partial charge on any atom is -0.256 e. The predicted molar refractivity (Wildman–Crippen MR) is 283 cm³/mol. The van der Waals surface area contributed by atoms with Gasteiger partial charge in [0.1, 0.15) is 0 Å². The molecule has 0 saturated carbocycles. The van der Waals surface area contributed by atoms with Gasteiger partial charge in [0.2, 0.25) is 0 Å². The van der Waals surface area contributed by atoms with Crippen molar-refractivity contribution in [2.24, 2.45) is 0 Å². The topological polar surface area (TPSA) is 38.7 Å². The van der Waals surface area contributed by atoms with Crippen LogP contribution in [0.25, 0.3) is 89.2 Å². The fourth-order valence-corrected chi connectivity index (χ4v) is 9.38. The fraction of sp³-hybridized carbons (Fsp3) is 0.0615. The largest absolute Gasteiger partial charge is 0.256 e. The van der Waals surface area contributed by atoms with Gasteiger partial charge in [-0.15, -0.1) is 0 Å². The van der Waals surface area contributed by atoms with E-state index in [2.05, 4.69) is 222 Å². The molecule has 0 amide bonds. The third kappa shape index (κ3) is 9.42. The molecule has 0 bridgehead atoms. The van der Waals surface area contributed by atoms with E-state index in [0.29, 0.717) is 0 Å². The second-order valence-corrected chi connectivity index (χ2v) is 17.5. The van der Waals surface area contributed by atoms with Crippen molar-refractivity contribution in [3.05, 3.63) is 271 Å². The standard InChI is InChI=1S/C65H49N3/c1-2-12-50(13-3-1)51-32-34-52(35-33-51)61-45-56(65-39-37-53-14-4-7-19-64(53)68-65)36-38-60(61)59-16-6-5-15-58(59)57-43-48(22-20-46-24-28-54(29-25-46)62-17-8-10-40-66-62)42-49(44-57)23-21-47-26-30-55(31-27-47)63-18-9-11-41-67-63/h1-19,24-45H,20-23H2. The summed E-state index contributed by atoms with van der Waals surface area (Å²) >= 11 is 0. The Morgan fingerprint density at radius 1 is 0.250 bits per heavy atom. The van der Waals surface area contributed by atoms with E-state index in [4.69, 9.17) is 4.98 Å². The lowest BCUT2D eigenvalue weighted by molar-refractivity contribution is 0.931. The molecule has 11 aromatic rings. The molecule has 0 atom stereocenters. The van der Waals surface area contributed by atoms with Gasteiger partial charge in [0.15, 0.2) is 0 Å². The van der Waals surface area contributed by atoms with Gasteiger partial charge in [-0.05, 0) is 135 Å². The summed E-state index contributed by atoms with van der Waals surface area (Å²) in [5, 5.41) is 1.14. The van der Waals surface area contributed by atoms with E-state index in [1.165, 1.54) is 61.2 Å². The number of para-hydroxylation sites is 1. The molecule has 0 spiro atoms. The van der Waals surface area contributed by atoms with E-state index in [0.717, 1.165) is 75.9 Å². The Kier molecular flexibility index (Phi) is 12.1. The van der Waals surface area contributed by atoms with Gasteiger partial charge in [0, 0.05) is 34.5 Å². The lowest BCUT2D eigenvalue weighted by Crippen LogP contribution is -1.98. The van der Waals surface area contributed by atoms with Crippen LogP contribution < -0.4 is 0 Å². The van der Waals surface area contributed by atoms with Crippen LogP contribution >= 0.6 is 0 Å². The van der Waals surface area contributed by atoms with Gasteiger partial charge in [0.05, 0.1) is 22.6 Å². The Labute approximate surface area is 399 Å². The number of pyridine rings is 3. The van der Waals surface area contributed by atoms with Crippen molar-refractivity contribution in [3.63, 3.8) is 0 Å². The number of hydrogen-bond acceptors (Lipinski definition) is 3. The maximum absolute atomic E-state index is 5.13. The Balaban J connectivity index is 0.968. The summed E-state index contributed by atoms with van der Waals surface area (Å²) in [4.78, 5) is 14.3. The van der Waals surface area contributed by atoms with E-state index in [-0.39, 0.29) is 0 Å². The molecule has 0 fully saturated rings. The summed E-state index contributed by atoms with van der Waals surface area (Å²) in [5.74, 6) is 0. The minimum absolute atomic E-state index is 0.928. The van der Waals surface area contributed by atoms with Crippen LogP contribution in [0.3, 0.4) is 0 Å². The van der Waals surface area contributed by atoms with Crippen molar-refractivity contribution in [3.8, 4) is 78.3 Å². The molecule has 0 aliphatic heterocycles. The lowest BCUT2D eigenvalue weighted by Gasteiger charge is -2.18. The summed E-state index contributed by atoms with van der Waals surface area (Å²) in [6.07, 6.45) is 7.44. The van der Waals surface area contributed by atoms with Crippen molar-refractivity contribution >= 4 is 10.9 Å². The molecule has 3 aromatic heterocycles. The first-order chi connectivity index (χ1) is 33.7. The summed E-state index contributed by atoms with van der Waals surface area (Å²) in [5.41, 5.74) is 22.2. The molecule has 0 aliphatic rings. The summed E-state index contributed by atoms with van der Waals surface area (Å²) < 4.78 is 0. The van der Waals surface area contributed by atoms with E-state index in [1.807, 2.05) is 36.7 Å². The molecular weight excluding hydrogens is 823 g/mol. The molecule has 0 aliphatic carbocycles. The molecule has 0 radical (unpaired) electrons. The first-order valence-electron chi connectivity index (χ1n) is 23.6. The van der Waals surface area contributed by atoms with E-state index >= 15 is 0 Å². The van der Waals surface area contributed by atoms with Crippen LogP contribution in [0.2, 0.25) is 0 Å². The molecule has 324 valence electrons. The average molecular weight is 872 g/mol. The smallest absolute Gasteiger partial charge is 0.0709 e. The lowest BCUT2D eigenvalue weighted by atomic mass is 9.86. The predicted octanol–water partition coefficient (Wildman–Crippen LogP) is 16.3. The van der Waals surface area contributed by atoms with Crippen molar-refractivity contribution in [1.82, 2.24) is 15.0 Å². The highest BCUT2D eigenvalue weighted by Gasteiger charge is 2.17. The van der Waals surface area contributed by atoms with Crippen LogP contribution in [-0.4, -0.2) is 15.0 Å². The fourth-order valence-electron chi connectivity index (χ4n) is 9.38. The van der Waals surface area contributed by atoms with Crippen LogP contribution in [0.5, 0.6) is 0 Å². The van der Waals surface area contributed by atoms with E-state index < -0.39 is 0 Å². The molecule has 11 rings (SSSR count). The van der Waals surface area contributed by atoms with Crippen LogP contribution in [0.1, 0.15) is 22.3 Å². The van der Waals surface area contributed by atoms with Gasteiger partial charge < -0.3 is 0 Å². The quantitative estimate of drug-likeness (QED) is 0.116. The second kappa shape index (κ2) is 19.5. The van der Waals surface area contributed by atoms with Crippen LogP contribution in [0, 0.1) is 0 Å². The second-order valence-electron chi connectivity index (χ2n) is 17.5. The first kappa shape index (κ1) is 42.1. The molecule has 8 aromatic carbocycles. The molecular formula is C65H49N3. The number of rotatable bonds is 13. The zero-order chi connectivity index (χ0) is 45.5. The molecule has 3 heteroatoms. The Bertz CT molecular complexity index is 3350. The Morgan fingerprint density at radius 2 is 0.750 bits per heavy atom. The molecule has 68 heavy (non-hydrogen) atoms.